The third-order valence-electron chi connectivity index (χ3n) is 6.92. The van der Waals surface area contributed by atoms with Crippen molar-refractivity contribution in [2.45, 2.75) is 128 Å². The van der Waals surface area contributed by atoms with Gasteiger partial charge in [0.15, 0.2) is 0 Å². The molecule has 1 saturated carbocycles. The molecule has 6 heteroatoms. The van der Waals surface area contributed by atoms with E-state index in [1.165, 1.54) is 89.9 Å². The van der Waals surface area contributed by atoms with Crippen molar-refractivity contribution in [3.05, 3.63) is 0 Å². The molecular weight excluding hydrogens is 424 g/mol. The lowest BCUT2D eigenvalue weighted by molar-refractivity contribution is -0.137. The Morgan fingerprint density at radius 3 is 1.62 bits per heavy atom. The minimum absolute atomic E-state index is 0. The van der Waals surface area contributed by atoms with Gasteiger partial charge in [0.25, 0.3) is 0 Å². The van der Waals surface area contributed by atoms with Crippen molar-refractivity contribution in [3.63, 3.8) is 0 Å². The van der Waals surface area contributed by atoms with E-state index >= 15 is 0 Å². The van der Waals surface area contributed by atoms with E-state index in [1.54, 1.807) is 0 Å². The maximum Gasteiger partial charge on any atom is 0.303 e. The quantitative estimate of drug-likeness (QED) is 0.173. The number of carboxylic acid groups (broad SMARTS) is 1. The molecule has 190 valence electrons. The van der Waals surface area contributed by atoms with E-state index < -0.39 is 5.97 Å². The number of hydrogen-bond acceptors (Lipinski definition) is 3. The minimum Gasteiger partial charge on any atom is -0.481 e. The summed E-state index contributed by atoms with van der Waals surface area (Å²) < 4.78 is 0. The Hall–Kier alpha value is -0.810. The van der Waals surface area contributed by atoms with Crippen LogP contribution in [0.5, 0.6) is 0 Å². The minimum atomic E-state index is -0.667. The average molecular weight is 475 g/mol. The highest BCUT2D eigenvalue weighted by Gasteiger charge is 2.29. The summed E-state index contributed by atoms with van der Waals surface area (Å²) in [7, 11) is 0. The third-order valence-corrected chi connectivity index (χ3v) is 6.92. The van der Waals surface area contributed by atoms with Crippen molar-refractivity contribution in [2.24, 2.45) is 17.6 Å². The Morgan fingerprint density at radius 1 is 0.719 bits per heavy atom. The van der Waals surface area contributed by atoms with Crippen LogP contribution in [-0.2, 0) is 9.59 Å². The molecule has 1 fully saturated rings. The summed E-state index contributed by atoms with van der Waals surface area (Å²) in [5.41, 5.74) is 5.84. The first-order chi connectivity index (χ1) is 15.1. The molecule has 2 atom stereocenters. The number of nitrogens with one attached hydrogen (secondary N) is 1. The molecule has 0 radical (unpaired) electrons. The van der Waals surface area contributed by atoms with Crippen LogP contribution in [0.15, 0.2) is 0 Å². The molecular formula is C26H51ClN2O3. The Morgan fingerprint density at radius 2 is 1.16 bits per heavy atom. The van der Waals surface area contributed by atoms with E-state index in [-0.39, 0.29) is 24.2 Å². The third kappa shape index (κ3) is 16.8. The van der Waals surface area contributed by atoms with Gasteiger partial charge in [-0.3, -0.25) is 9.59 Å². The summed E-state index contributed by atoms with van der Waals surface area (Å²) in [6.07, 6.45) is 23.5. The predicted molar refractivity (Wildman–Crippen MR) is 136 cm³/mol. The van der Waals surface area contributed by atoms with Crippen molar-refractivity contribution >= 4 is 24.3 Å². The Kier molecular flexibility index (Phi) is 21.4. The van der Waals surface area contributed by atoms with Gasteiger partial charge in [-0.15, -0.1) is 12.4 Å². The van der Waals surface area contributed by atoms with E-state index in [2.05, 4.69) is 5.32 Å². The Bertz CT molecular complexity index is 462. The van der Waals surface area contributed by atoms with Crippen LogP contribution in [0.1, 0.15) is 128 Å². The second-order valence-corrected chi connectivity index (χ2v) is 9.62. The molecule has 5 nitrogen and oxygen atoms in total. The summed E-state index contributed by atoms with van der Waals surface area (Å²) in [6.45, 7) is 1.47. The lowest BCUT2D eigenvalue weighted by Crippen LogP contribution is -2.39. The van der Waals surface area contributed by atoms with Crippen molar-refractivity contribution in [3.8, 4) is 0 Å². The molecule has 1 rings (SSSR count). The predicted octanol–water partition coefficient (Wildman–Crippen LogP) is 6.62. The number of halogens is 1. The van der Waals surface area contributed by atoms with E-state index in [0.29, 0.717) is 18.9 Å². The van der Waals surface area contributed by atoms with Crippen LogP contribution in [0.3, 0.4) is 0 Å². The van der Waals surface area contributed by atoms with Crippen molar-refractivity contribution in [2.75, 3.05) is 13.1 Å². The summed E-state index contributed by atoms with van der Waals surface area (Å²) in [4.78, 5) is 22.8. The Labute approximate surface area is 203 Å². The van der Waals surface area contributed by atoms with Gasteiger partial charge in [0.1, 0.15) is 0 Å². The molecule has 0 heterocycles. The second kappa shape index (κ2) is 22.0. The van der Waals surface area contributed by atoms with E-state index in [4.69, 9.17) is 10.8 Å². The first kappa shape index (κ1) is 31.2. The van der Waals surface area contributed by atoms with Gasteiger partial charge in [0, 0.05) is 18.9 Å². The summed E-state index contributed by atoms with van der Waals surface area (Å²) in [5.74, 6) is 0.125. The Balaban J connectivity index is 0.00000961. The molecule has 1 aliphatic carbocycles. The fraction of sp³-hybridized carbons (Fsp3) is 0.923. The fourth-order valence-corrected chi connectivity index (χ4v) is 4.88. The molecule has 1 aliphatic rings. The number of carboxylic acids is 1. The molecule has 4 N–H and O–H groups in total. The van der Waals surface area contributed by atoms with Gasteiger partial charge in [-0.1, -0.05) is 96.3 Å². The molecule has 0 aliphatic heterocycles. The van der Waals surface area contributed by atoms with Crippen LogP contribution < -0.4 is 11.1 Å². The molecule has 2 unspecified atom stereocenters. The lowest BCUT2D eigenvalue weighted by atomic mass is 9.79. The van der Waals surface area contributed by atoms with E-state index in [1.807, 2.05) is 0 Å². The molecule has 0 spiro atoms. The molecule has 32 heavy (non-hydrogen) atoms. The molecule has 1 amide bonds. The van der Waals surface area contributed by atoms with Gasteiger partial charge in [-0.05, 0) is 38.1 Å². The van der Waals surface area contributed by atoms with Gasteiger partial charge in [-0.2, -0.15) is 0 Å². The van der Waals surface area contributed by atoms with E-state index in [9.17, 15) is 9.59 Å². The van der Waals surface area contributed by atoms with Crippen LogP contribution in [-0.4, -0.2) is 30.1 Å². The monoisotopic (exact) mass is 474 g/mol. The van der Waals surface area contributed by atoms with Crippen LogP contribution in [0.4, 0.5) is 0 Å². The number of rotatable bonds is 20. The highest BCUT2D eigenvalue weighted by molar-refractivity contribution is 5.85. The smallest absolute Gasteiger partial charge is 0.303 e. The van der Waals surface area contributed by atoms with Gasteiger partial charge < -0.3 is 16.2 Å². The number of carbonyl (C=O) groups is 2. The summed E-state index contributed by atoms with van der Waals surface area (Å²) >= 11 is 0. The summed E-state index contributed by atoms with van der Waals surface area (Å²) in [5, 5.41) is 11.7. The van der Waals surface area contributed by atoms with Crippen molar-refractivity contribution < 1.29 is 14.7 Å². The largest absolute Gasteiger partial charge is 0.481 e. The van der Waals surface area contributed by atoms with Crippen LogP contribution in [0, 0.1) is 11.8 Å². The SMILES string of the molecule is Cl.NCC1CCCCC1C(=O)NCCCCCCCCCCCCCCCCCC(=O)O. The zero-order chi connectivity index (χ0) is 22.6. The maximum atomic E-state index is 12.4. The van der Waals surface area contributed by atoms with Crippen molar-refractivity contribution in [1.29, 1.82) is 0 Å². The molecule has 0 bridgehead atoms. The zero-order valence-electron chi connectivity index (χ0n) is 20.5. The first-order valence-electron chi connectivity index (χ1n) is 13.3. The number of unbranched alkanes of at least 4 members (excludes halogenated alkanes) is 14. The summed E-state index contributed by atoms with van der Waals surface area (Å²) in [6, 6.07) is 0. The zero-order valence-corrected chi connectivity index (χ0v) is 21.3. The highest BCUT2D eigenvalue weighted by Crippen LogP contribution is 2.29. The number of nitrogens with two attached hydrogens (primary N) is 1. The molecule has 0 aromatic heterocycles. The normalized spacial score (nSPS) is 18.2. The van der Waals surface area contributed by atoms with Crippen LogP contribution >= 0.6 is 12.4 Å². The van der Waals surface area contributed by atoms with Crippen LogP contribution in [0.2, 0.25) is 0 Å². The number of carbonyl (C=O) groups excluding carboxylic acids is 1. The van der Waals surface area contributed by atoms with Gasteiger partial charge in [0.2, 0.25) is 5.91 Å². The fourth-order valence-electron chi connectivity index (χ4n) is 4.88. The van der Waals surface area contributed by atoms with Gasteiger partial charge in [-0.25, -0.2) is 0 Å². The topological polar surface area (TPSA) is 92.4 Å². The number of amides is 1. The van der Waals surface area contributed by atoms with Crippen LogP contribution in [0.25, 0.3) is 0 Å². The standard InChI is InChI=1S/C26H50N2O3.ClH/c27-22-23-18-15-16-19-24(23)26(31)28-21-17-13-11-9-7-5-3-1-2-4-6-8-10-12-14-20-25(29)30;/h23-24H,1-22,27H2,(H,28,31)(H,29,30);1H. The number of aliphatic carboxylic acids is 1. The molecule has 0 saturated heterocycles. The lowest BCUT2D eigenvalue weighted by Gasteiger charge is -2.29. The van der Waals surface area contributed by atoms with Gasteiger partial charge >= 0.3 is 5.97 Å². The second-order valence-electron chi connectivity index (χ2n) is 9.62. The highest BCUT2D eigenvalue weighted by atomic mass is 35.5. The maximum absolute atomic E-state index is 12.4. The van der Waals surface area contributed by atoms with Crippen molar-refractivity contribution in [1.82, 2.24) is 5.32 Å². The first-order valence-corrected chi connectivity index (χ1v) is 13.3. The number of hydrogen-bond donors (Lipinski definition) is 3. The molecule has 0 aromatic carbocycles. The molecule has 0 aromatic rings. The average Bonchev–Trinajstić information content (AvgIpc) is 2.77. The van der Waals surface area contributed by atoms with Gasteiger partial charge in [0.05, 0.1) is 0 Å². The van der Waals surface area contributed by atoms with E-state index in [0.717, 1.165) is 38.6 Å².